The molecule has 4 nitrogen and oxygen atoms in total. The van der Waals surface area contributed by atoms with Crippen LogP contribution in [0, 0.1) is 0 Å². The van der Waals surface area contributed by atoms with Crippen molar-refractivity contribution in [2.45, 2.75) is 32.5 Å². The lowest BCUT2D eigenvalue weighted by molar-refractivity contribution is 0.0821. The first kappa shape index (κ1) is 11.8. The van der Waals surface area contributed by atoms with E-state index in [1.807, 2.05) is 0 Å². The quantitative estimate of drug-likeness (QED) is 0.859. The van der Waals surface area contributed by atoms with E-state index < -0.39 is 6.10 Å². The molecular formula is C11H18N2O2S. The van der Waals surface area contributed by atoms with Crippen LogP contribution in [0.1, 0.15) is 31.2 Å². The van der Waals surface area contributed by atoms with Crippen molar-refractivity contribution in [3.05, 3.63) is 11.1 Å². The SMILES string of the molecule is CC1CN(c2ncc(C(C)O)s2)CCCO1. The topological polar surface area (TPSA) is 45.6 Å². The molecule has 1 saturated heterocycles. The molecule has 0 aromatic carbocycles. The third kappa shape index (κ3) is 2.72. The average Bonchev–Trinajstić information content (AvgIpc) is 2.63. The molecule has 1 aliphatic heterocycles. The summed E-state index contributed by atoms with van der Waals surface area (Å²) in [6, 6.07) is 0. The summed E-state index contributed by atoms with van der Waals surface area (Å²) in [5.41, 5.74) is 0. The molecule has 1 fully saturated rings. The van der Waals surface area contributed by atoms with Crippen LogP contribution in [-0.4, -0.2) is 35.9 Å². The highest BCUT2D eigenvalue weighted by atomic mass is 32.1. The van der Waals surface area contributed by atoms with E-state index in [4.69, 9.17) is 4.74 Å². The average molecular weight is 242 g/mol. The largest absolute Gasteiger partial charge is 0.388 e. The molecule has 2 rings (SSSR count). The van der Waals surface area contributed by atoms with Gasteiger partial charge in [-0.2, -0.15) is 0 Å². The summed E-state index contributed by atoms with van der Waals surface area (Å²) in [5.74, 6) is 0. The second-order valence-electron chi connectivity index (χ2n) is 4.20. The molecule has 0 aliphatic carbocycles. The zero-order chi connectivity index (χ0) is 11.5. The van der Waals surface area contributed by atoms with Crippen molar-refractivity contribution in [3.8, 4) is 0 Å². The summed E-state index contributed by atoms with van der Waals surface area (Å²) < 4.78 is 5.59. The van der Waals surface area contributed by atoms with Crippen molar-refractivity contribution in [1.82, 2.24) is 4.98 Å². The molecule has 5 heteroatoms. The first-order valence-electron chi connectivity index (χ1n) is 5.67. The van der Waals surface area contributed by atoms with Crippen LogP contribution in [0.2, 0.25) is 0 Å². The van der Waals surface area contributed by atoms with Crippen molar-refractivity contribution in [2.75, 3.05) is 24.6 Å². The van der Waals surface area contributed by atoms with Gasteiger partial charge in [-0.1, -0.05) is 11.3 Å². The molecule has 1 aliphatic rings. The van der Waals surface area contributed by atoms with Crippen molar-refractivity contribution >= 4 is 16.5 Å². The molecule has 0 radical (unpaired) electrons. The number of hydrogen-bond acceptors (Lipinski definition) is 5. The zero-order valence-corrected chi connectivity index (χ0v) is 10.5. The van der Waals surface area contributed by atoms with Gasteiger partial charge >= 0.3 is 0 Å². The van der Waals surface area contributed by atoms with Crippen LogP contribution >= 0.6 is 11.3 Å². The van der Waals surface area contributed by atoms with Gasteiger partial charge in [-0.15, -0.1) is 0 Å². The Hall–Kier alpha value is -0.650. The van der Waals surface area contributed by atoms with Gasteiger partial charge in [-0.3, -0.25) is 0 Å². The number of hydrogen-bond donors (Lipinski definition) is 1. The fourth-order valence-electron chi connectivity index (χ4n) is 1.78. The van der Waals surface area contributed by atoms with Crippen molar-refractivity contribution < 1.29 is 9.84 Å². The van der Waals surface area contributed by atoms with E-state index >= 15 is 0 Å². The monoisotopic (exact) mass is 242 g/mol. The van der Waals surface area contributed by atoms with Crippen molar-refractivity contribution in [1.29, 1.82) is 0 Å². The molecule has 0 bridgehead atoms. The van der Waals surface area contributed by atoms with E-state index in [9.17, 15) is 5.11 Å². The van der Waals surface area contributed by atoms with E-state index in [1.165, 1.54) is 0 Å². The molecule has 16 heavy (non-hydrogen) atoms. The summed E-state index contributed by atoms with van der Waals surface area (Å²) in [4.78, 5) is 7.53. The highest BCUT2D eigenvalue weighted by Gasteiger charge is 2.18. The molecule has 0 saturated carbocycles. The first-order chi connectivity index (χ1) is 7.66. The number of aromatic nitrogens is 1. The molecule has 2 heterocycles. The number of ether oxygens (including phenoxy) is 1. The zero-order valence-electron chi connectivity index (χ0n) is 9.72. The van der Waals surface area contributed by atoms with Crippen LogP contribution in [0.3, 0.4) is 0 Å². The Morgan fingerprint density at radius 2 is 2.50 bits per heavy atom. The maximum absolute atomic E-state index is 9.47. The van der Waals surface area contributed by atoms with E-state index in [0.717, 1.165) is 36.1 Å². The maximum atomic E-state index is 9.47. The van der Waals surface area contributed by atoms with Crippen LogP contribution in [0.4, 0.5) is 5.13 Å². The molecule has 1 aromatic rings. The lowest BCUT2D eigenvalue weighted by Gasteiger charge is -2.20. The Labute approximate surface area is 99.9 Å². The van der Waals surface area contributed by atoms with Gasteiger partial charge in [-0.25, -0.2) is 4.98 Å². The summed E-state index contributed by atoms with van der Waals surface area (Å²) in [5, 5.41) is 10.5. The second-order valence-corrected chi connectivity index (χ2v) is 5.24. The van der Waals surface area contributed by atoms with E-state index in [2.05, 4.69) is 16.8 Å². The van der Waals surface area contributed by atoms with Gasteiger partial charge in [0, 0.05) is 25.9 Å². The molecule has 2 atom stereocenters. The maximum Gasteiger partial charge on any atom is 0.185 e. The van der Waals surface area contributed by atoms with E-state index in [-0.39, 0.29) is 6.10 Å². The van der Waals surface area contributed by atoms with Gasteiger partial charge in [0.1, 0.15) is 0 Å². The van der Waals surface area contributed by atoms with Crippen LogP contribution in [0.15, 0.2) is 6.20 Å². The molecular weight excluding hydrogens is 224 g/mol. The van der Waals surface area contributed by atoms with Crippen molar-refractivity contribution in [3.63, 3.8) is 0 Å². The van der Waals surface area contributed by atoms with Gasteiger partial charge in [0.05, 0.1) is 17.1 Å². The molecule has 1 aromatic heterocycles. The Morgan fingerprint density at radius 1 is 1.69 bits per heavy atom. The molecule has 1 N–H and O–H groups in total. The lowest BCUT2D eigenvalue weighted by atomic mass is 10.3. The summed E-state index contributed by atoms with van der Waals surface area (Å²) in [6.07, 6.45) is 2.63. The smallest absolute Gasteiger partial charge is 0.185 e. The molecule has 2 unspecified atom stereocenters. The minimum Gasteiger partial charge on any atom is -0.388 e. The van der Waals surface area contributed by atoms with Gasteiger partial charge in [0.2, 0.25) is 0 Å². The van der Waals surface area contributed by atoms with E-state index in [1.54, 1.807) is 24.5 Å². The fraction of sp³-hybridized carbons (Fsp3) is 0.727. The van der Waals surface area contributed by atoms with E-state index in [0.29, 0.717) is 0 Å². The predicted octanol–water partition coefficient (Wildman–Crippen LogP) is 1.81. The summed E-state index contributed by atoms with van der Waals surface area (Å²) in [6.45, 7) is 6.54. The third-order valence-electron chi connectivity index (χ3n) is 2.65. The summed E-state index contributed by atoms with van der Waals surface area (Å²) >= 11 is 1.57. The highest BCUT2D eigenvalue weighted by molar-refractivity contribution is 7.15. The number of rotatable bonds is 2. The Bertz CT molecular complexity index is 340. The number of aliphatic hydroxyl groups excluding tert-OH is 1. The Balaban J connectivity index is 2.09. The van der Waals surface area contributed by atoms with Crippen LogP contribution in [0.5, 0.6) is 0 Å². The fourth-order valence-corrected chi connectivity index (χ4v) is 2.67. The first-order valence-corrected chi connectivity index (χ1v) is 6.49. The Kier molecular flexibility index (Phi) is 3.78. The van der Waals surface area contributed by atoms with Crippen LogP contribution < -0.4 is 4.90 Å². The molecule has 0 spiro atoms. The molecule has 90 valence electrons. The highest BCUT2D eigenvalue weighted by Crippen LogP contribution is 2.28. The van der Waals surface area contributed by atoms with Gasteiger partial charge in [0.15, 0.2) is 5.13 Å². The van der Waals surface area contributed by atoms with Gasteiger partial charge in [0.25, 0.3) is 0 Å². The lowest BCUT2D eigenvalue weighted by Crippen LogP contribution is -2.29. The van der Waals surface area contributed by atoms with Gasteiger partial charge in [-0.05, 0) is 20.3 Å². The molecule has 0 amide bonds. The third-order valence-corrected chi connectivity index (χ3v) is 3.87. The minimum atomic E-state index is -0.424. The standard InChI is InChI=1S/C11H18N2O2S/c1-8-7-13(4-3-5-15-8)11-12-6-10(16-11)9(2)14/h6,8-9,14H,3-5,7H2,1-2H3. The second kappa shape index (κ2) is 5.12. The normalized spacial score (nSPS) is 24.2. The van der Waals surface area contributed by atoms with Crippen molar-refractivity contribution in [2.24, 2.45) is 0 Å². The van der Waals surface area contributed by atoms with Gasteiger partial charge < -0.3 is 14.7 Å². The number of anilines is 1. The summed E-state index contributed by atoms with van der Waals surface area (Å²) in [7, 11) is 0. The predicted molar refractivity (Wildman–Crippen MR) is 65.0 cm³/mol. The number of thiazole rings is 1. The minimum absolute atomic E-state index is 0.251. The van der Waals surface area contributed by atoms with Crippen LogP contribution in [0.25, 0.3) is 0 Å². The van der Waals surface area contributed by atoms with Crippen LogP contribution in [-0.2, 0) is 4.74 Å². The number of nitrogens with zero attached hydrogens (tertiary/aromatic N) is 2. The number of aliphatic hydroxyl groups is 1. The Morgan fingerprint density at radius 3 is 3.19 bits per heavy atom.